The van der Waals surface area contributed by atoms with Crippen molar-refractivity contribution in [3.8, 4) is 0 Å². The van der Waals surface area contributed by atoms with Gasteiger partial charge in [-0.2, -0.15) is 0 Å². The third-order valence-electron chi connectivity index (χ3n) is 2.29. The number of hydrogen-bond donors (Lipinski definition) is 2. The molecule has 94 valence electrons. The summed E-state index contributed by atoms with van der Waals surface area (Å²) >= 11 is 1.42. The largest absolute Gasteiger partial charge is 0.467 e. The van der Waals surface area contributed by atoms with Crippen molar-refractivity contribution in [3.05, 3.63) is 48.4 Å². The smallest absolute Gasteiger partial charge is 0.227 e. The lowest BCUT2D eigenvalue weighted by Crippen LogP contribution is -2.13. The SMILES string of the molecule is NC(=O)CSc1ccccc1NCc1ccco1. The first kappa shape index (κ1) is 12.6. The maximum atomic E-state index is 10.8. The Morgan fingerprint density at radius 2 is 2.11 bits per heavy atom. The number of benzene rings is 1. The summed E-state index contributed by atoms with van der Waals surface area (Å²) in [5.41, 5.74) is 6.12. The summed E-state index contributed by atoms with van der Waals surface area (Å²) in [7, 11) is 0. The van der Waals surface area contributed by atoms with E-state index in [9.17, 15) is 4.79 Å². The van der Waals surface area contributed by atoms with Gasteiger partial charge in [0.05, 0.1) is 18.6 Å². The summed E-state index contributed by atoms with van der Waals surface area (Å²) in [4.78, 5) is 11.8. The van der Waals surface area contributed by atoms with Gasteiger partial charge in [0, 0.05) is 10.6 Å². The molecule has 3 N–H and O–H groups in total. The predicted molar refractivity (Wildman–Crippen MR) is 72.4 cm³/mol. The molecule has 0 unspecified atom stereocenters. The van der Waals surface area contributed by atoms with E-state index in [0.717, 1.165) is 16.3 Å². The highest BCUT2D eigenvalue weighted by Crippen LogP contribution is 2.27. The van der Waals surface area contributed by atoms with Crippen LogP contribution in [0.5, 0.6) is 0 Å². The fraction of sp³-hybridized carbons (Fsp3) is 0.154. The van der Waals surface area contributed by atoms with Crippen molar-refractivity contribution in [2.45, 2.75) is 11.4 Å². The minimum atomic E-state index is -0.319. The average Bonchev–Trinajstić information content (AvgIpc) is 2.88. The van der Waals surface area contributed by atoms with E-state index in [-0.39, 0.29) is 11.7 Å². The summed E-state index contributed by atoms with van der Waals surface area (Å²) in [6.45, 7) is 0.612. The average molecular weight is 262 g/mol. The van der Waals surface area contributed by atoms with Crippen molar-refractivity contribution in [3.63, 3.8) is 0 Å². The molecule has 0 spiro atoms. The Hall–Kier alpha value is -1.88. The summed E-state index contributed by atoms with van der Waals surface area (Å²) in [5, 5.41) is 3.27. The van der Waals surface area contributed by atoms with Crippen molar-refractivity contribution in [1.82, 2.24) is 0 Å². The zero-order valence-electron chi connectivity index (χ0n) is 9.76. The number of thioether (sulfide) groups is 1. The van der Waals surface area contributed by atoms with Crippen LogP contribution < -0.4 is 11.1 Å². The maximum Gasteiger partial charge on any atom is 0.227 e. The summed E-state index contributed by atoms with van der Waals surface area (Å²) < 4.78 is 5.25. The second kappa shape index (κ2) is 6.16. The third kappa shape index (κ3) is 3.56. The van der Waals surface area contributed by atoms with Crippen LogP contribution >= 0.6 is 11.8 Å². The van der Waals surface area contributed by atoms with Gasteiger partial charge in [0.2, 0.25) is 5.91 Å². The molecule has 0 saturated carbocycles. The molecule has 0 saturated heterocycles. The molecule has 0 fully saturated rings. The molecule has 0 atom stereocenters. The number of para-hydroxylation sites is 1. The van der Waals surface area contributed by atoms with E-state index in [1.165, 1.54) is 11.8 Å². The highest BCUT2D eigenvalue weighted by Gasteiger charge is 2.04. The Labute approximate surface area is 110 Å². The molecule has 0 aliphatic carbocycles. The topological polar surface area (TPSA) is 68.3 Å². The zero-order valence-corrected chi connectivity index (χ0v) is 10.6. The first-order chi connectivity index (χ1) is 8.75. The number of nitrogens with one attached hydrogen (secondary N) is 1. The molecule has 5 heteroatoms. The molecular formula is C13H14N2O2S. The number of carbonyl (C=O) groups excluding carboxylic acids is 1. The number of furan rings is 1. The van der Waals surface area contributed by atoms with Gasteiger partial charge in [-0.15, -0.1) is 11.8 Å². The van der Waals surface area contributed by atoms with Crippen LogP contribution in [-0.2, 0) is 11.3 Å². The lowest BCUT2D eigenvalue weighted by atomic mass is 10.3. The fourth-order valence-electron chi connectivity index (χ4n) is 1.48. The van der Waals surface area contributed by atoms with Crippen LogP contribution in [0, 0.1) is 0 Å². The number of rotatable bonds is 6. The Balaban J connectivity index is 2.00. The minimum Gasteiger partial charge on any atom is -0.467 e. The van der Waals surface area contributed by atoms with Crippen molar-refractivity contribution in [2.75, 3.05) is 11.1 Å². The first-order valence-electron chi connectivity index (χ1n) is 5.52. The molecule has 1 aromatic carbocycles. The van der Waals surface area contributed by atoms with E-state index >= 15 is 0 Å². The van der Waals surface area contributed by atoms with Crippen molar-refractivity contribution in [1.29, 1.82) is 0 Å². The van der Waals surface area contributed by atoms with Gasteiger partial charge < -0.3 is 15.5 Å². The number of hydrogen-bond acceptors (Lipinski definition) is 4. The van der Waals surface area contributed by atoms with Crippen LogP contribution in [0.3, 0.4) is 0 Å². The standard InChI is InChI=1S/C13H14N2O2S/c14-13(16)9-18-12-6-2-1-5-11(12)15-8-10-4-3-7-17-10/h1-7,15H,8-9H2,(H2,14,16). The normalized spacial score (nSPS) is 10.2. The molecule has 2 aromatic rings. The molecule has 0 bridgehead atoms. The molecule has 1 heterocycles. The molecular weight excluding hydrogens is 248 g/mol. The number of primary amides is 1. The molecule has 18 heavy (non-hydrogen) atoms. The minimum absolute atomic E-state index is 0.277. The number of amides is 1. The lowest BCUT2D eigenvalue weighted by molar-refractivity contribution is -0.115. The summed E-state index contributed by atoms with van der Waals surface area (Å²) in [5.74, 6) is 0.824. The van der Waals surface area contributed by atoms with E-state index in [0.29, 0.717) is 6.54 Å². The van der Waals surface area contributed by atoms with E-state index in [4.69, 9.17) is 10.2 Å². The van der Waals surface area contributed by atoms with E-state index in [2.05, 4.69) is 5.32 Å². The second-order valence-electron chi connectivity index (χ2n) is 3.68. The summed E-state index contributed by atoms with van der Waals surface area (Å²) in [6.07, 6.45) is 1.64. The van der Waals surface area contributed by atoms with Gasteiger partial charge in [-0.05, 0) is 24.3 Å². The van der Waals surface area contributed by atoms with Gasteiger partial charge in [-0.25, -0.2) is 0 Å². The number of anilines is 1. The van der Waals surface area contributed by atoms with Crippen LogP contribution in [0.25, 0.3) is 0 Å². The molecule has 0 radical (unpaired) electrons. The van der Waals surface area contributed by atoms with Crippen LogP contribution in [0.1, 0.15) is 5.76 Å². The molecule has 2 rings (SSSR count). The summed E-state index contributed by atoms with van der Waals surface area (Å²) in [6, 6.07) is 11.6. The van der Waals surface area contributed by atoms with Gasteiger partial charge in [-0.1, -0.05) is 12.1 Å². The lowest BCUT2D eigenvalue weighted by Gasteiger charge is -2.09. The van der Waals surface area contributed by atoms with E-state index in [1.807, 2.05) is 36.4 Å². The number of carbonyl (C=O) groups is 1. The Bertz CT molecular complexity index is 511. The molecule has 1 aromatic heterocycles. The van der Waals surface area contributed by atoms with Gasteiger partial charge in [-0.3, -0.25) is 4.79 Å². The van der Waals surface area contributed by atoms with Crippen LogP contribution in [0.15, 0.2) is 52.0 Å². The second-order valence-corrected chi connectivity index (χ2v) is 4.70. The predicted octanol–water partition coefficient (Wildman–Crippen LogP) is 2.47. The molecule has 4 nitrogen and oxygen atoms in total. The highest BCUT2D eigenvalue weighted by atomic mass is 32.2. The Morgan fingerprint density at radius 3 is 2.83 bits per heavy atom. The maximum absolute atomic E-state index is 10.8. The zero-order chi connectivity index (χ0) is 12.8. The van der Waals surface area contributed by atoms with Crippen molar-refractivity contribution < 1.29 is 9.21 Å². The van der Waals surface area contributed by atoms with Gasteiger partial charge in [0.1, 0.15) is 5.76 Å². The van der Waals surface area contributed by atoms with E-state index in [1.54, 1.807) is 6.26 Å². The van der Waals surface area contributed by atoms with Crippen LogP contribution in [0.2, 0.25) is 0 Å². The van der Waals surface area contributed by atoms with Gasteiger partial charge in [0.25, 0.3) is 0 Å². The first-order valence-corrected chi connectivity index (χ1v) is 6.50. The van der Waals surface area contributed by atoms with Crippen LogP contribution in [-0.4, -0.2) is 11.7 Å². The molecule has 0 aliphatic heterocycles. The Kier molecular flexibility index (Phi) is 4.30. The quantitative estimate of drug-likeness (QED) is 0.785. The molecule has 0 aliphatic rings. The van der Waals surface area contributed by atoms with Crippen molar-refractivity contribution >= 4 is 23.4 Å². The highest BCUT2D eigenvalue weighted by molar-refractivity contribution is 8.00. The monoisotopic (exact) mass is 262 g/mol. The van der Waals surface area contributed by atoms with E-state index < -0.39 is 0 Å². The van der Waals surface area contributed by atoms with Crippen LogP contribution in [0.4, 0.5) is 5.69 Å². The number of nitrogens with two attached hydrogens (primary N) is 1. The third-order valence-corrected chi connectivity index (χ3v) is 3.39. The molecule has 1 amide bonds. The van der Waals surface area contributed by atoms with Crippen molar-refractivity contribution in [2.24, 2.45) is 5.73 Å². The fourth-order valence-corrected chi connectivity index (χ4v) is 2.25. The van der Waals surface area contributed by atoms with Gasteiger partial charge >= 0.3 is 0 Å². The van der Waals surface area contributed by atoms with Gasteiger partial charge in [0.15, 0.2) is 0 Å². The Morgan fingerprint density at radius 1 is 1.28 bits per heavy atom.